The van der Waals surface area contributed by atoms with Crippen LogP contribution < -0.4 is 10.6 Å². The minimum Gasteiger partial charge on any atom is -0.382 e. The molecule has 29 heavy (non-hydrogen) atoms. The summed E-state index contributed by atoms with van der Waals surface area (Å²) in [6, 6.07) is 4.74. The SMILES string of the molecule is CCNC(=NCC(c1ccc(C)s1)N1CCOCC1)NCCCOCCOC.I. The molecule has 1 fully saturated rings. The summed E-state index contributed by atoms with van der Waals surface area (Å²) in [5.41, 5.74) is 0. The van der Waals surface area contributed by atoms with Crippen molar-refractivity contribution >= 4 is 41.3 Å². The Labute approximate surface area is 196 Å². The van der Waals surface area contributed by atoms with Gasteiger partial charge in [0.25, 0.3) is 0 Å². The second kappa shape index (κ2) is 16.3. The van der Waals surface area contributed by atoms with Gasteiger partial charge in [0.2, 0.25) is 0 Å². The summed E-state index contributed by atoms with van der Waals surface area (Å²) in [6.07, 6.45) is 0.936. The summed E-state index contributed by atoms with van der Waals surface area (Å²) in [7, 11) is 1.69. The highest BCUT2D eigenvalue weighted by Crippen LogP contribution is 2.28. The average molecular weight is 541 g/mol. The maximum Gasteiger partial charge on any atom is 0.191 e. The number of methoxy groups -OCH3 is 1. The molecular weight excluding hydrogens is 503 g/mol. The minimum atomic E-state index is 0. The number of hydrogen-bond acceptors (Lipinski definition) is 6. The van der Waals surface area contributed by atoms with Gasteiger partial charge in [-0.1, -0.05) is 0 Å². The van der Waals surface area contributed by atoms with E-state index in [-0.39, 0.29) is 24.0 Å². The molecular formula is C20H37IN4O3S. The largest absolute Gasteiger partial charge is 0.382 e. The predicted octanol–water partition coefficient (Wildman–Crippen LogP) is 2.66. The molecule has 2 N–H and O–H groups in total. The Morgan fingerprint density at radius 1 is 1.24 bits per heavy atom. The van der Waals surface area contributed by atoms with Crippen LogP contribution >= 0.6 is 35.3 Å². The van der Waals surface area contributed by atoms with E-state index in [0.29, 0.717) is 19.3 Å². The maximum atomic E-state index is 5.54. The number of aliphatic imine (C=N–C) groups is 1. The van der Waals surface area contributed by atoms with E-state index >= 15 is 0 Å². The summed E-state index contributed by atoms with van der Waals surface area (Å²) in [5, 5.41) is 6.76. The van der Waals surface area contributed by atoms with E-state index in [1.165, 1.54) is 9.75 Å². The zero-order valence-corrected chi connectivity index (χ0v) is 21.1. The van der Waals surface area contributed by atoms with Crippen LogP contribution in [-0.4, -0.2) is 83.7 Å². The molecule has 0 saturated carbocycles. The second-order valence-electron chi connectivity index (χ2n) is 6.72. The average Bonchev–Trinajstić information content (AvgIpc) is 3.14. The van der Waals surface area contributed by atoms with E-state index in [9.17, 15) is 0 Å². The normalized spacial score (nSPS) is 16.3. The van der Waals surface area contributed by atoms with Gasteiger partial charge in [0.15, 0.2) is 5.96 Å². The Morgan fingerprint density at radius 3 is 2.69 bits per heavy atom. The van der Waals surface area contributed by atoms with Crippen molar-refractivity contribution in [2.24, 2.45) is 4.99 Å². The molecule has 2 heterocycles. The molecule has 1 aromatic heterocycles. The smallest absolute Gasteiger partial charge is 0.191 e. The molecule has 1 aromatic rings. The van der Waals surface area contributed by atoms with Crippen molar-refractivity contribution < 1.29 is 14.2 Å². The topological polar surface area (TPSA) is 67.4 Å². The lowest BCUT2D eigenvalue weighted by Gasteiger charge is -2.33. The van der Waals surface area contributed by atoms with Gasteiger partial charge < -0.3 is 24.8 Å². The molecule has 0 bridgehead atoms. The number of guanidine groups is 1. The van der Waals surface area contributed by atoms with E-state index < -0.39 is 0 Å². The van der Waals surface area contributed by atoms with Gasteiger partial charge in [0, 0.05) is 49.6 Å². The summed E-state index contributed by atoms with van der Waals surface area (Å²) < 4.78 is 16.0. The highest BCUT2D eigenvalue weighted by atomic mass is 127. The van der Waals surface area contributed by atoms with Gasteiger partial charge in [-0.25, -0.2) is 0 Å². The van der Waals surface area contributed by atoms with Crippen molar-refractivity contribution in [3.05, 3.63) is 21.9 Å². The van der Waals surface area contributed by atoms with Crippen molar-refractivity contribution in [3.8, 4) is 0 Å². The Morgan fingerprint density at radius 2 is 2.03 bits per heavy atom. The quantitative estimate of drug-likeness (QED) is 0.184. The van der Waals surface area contributed by atoms with Gasteiger partial charge in [0.05, 0.1) is 39.0 Å². The van der Waals surface area contributed by atoms with Gasteiger partial charge in [0.1, 0.15) is 0 Å². The molecule has 0 radical (unpaired) electrons. The lowest BCUT2D eigenvalue weighted by atomic mass is 10.2. The van der Waals surface area contributed by atoms with Crippen molar-refractivity contribution in [2.45, 2.75) is 26.3 Å². The zero-order chi connectivity index (χ0) is 20.0. The second-order valence-corrected chi connectivity index (χ2v) is 8.04. The number of hydrogen-bond donors (Lipinski definition) is 2. The molecule has 9 heteroatoms. The fourth-order valence-corrected chi connectivity index (χ4v) is 4.06. The molecule has 1 aliphatic rings. The fourth-order valence-electron chi connectivity index (χ4n) is 3.05. The lowest BCUT2D eigenvalue weighted by Crippen LogP contribution is -2.41. The summed E-state index contributed by atoms with van der Waals surface area (Å²) in [4.78, 5) is 10.1. The number of ether oxygens (including phenoxy) is 3. The van der Waals surface area contributed by atoms with E-state index in [1.54, 1.807) is 7.11 Å². The van der Waals surface area contributed by atoms with E-state index in [0.717, 1.165) is 64.9 Å². The van der Waals surface area contributed by atoms with Crippen molar-refractivity contribution in [3.63, 3.8) is 0 Å². The number of aryl methyl sites for hydroxylation is 1. The lowest BCUT2D eigenvalue weighted by molar-refractivity contribution is 0.0186. The maximum absolute atomic E-state index is 5.54. The van der Waals surface area contributed by atoms with Crippen LogP contribution in [0.4, 0.5) is 0 Å². The predicted molar refractivity (Wildman–Crippen MR) is 131 cm³/mol. The van der Waals surface area contributed by atoms with E-state index in [1.807, 2.05) is 11.3 Å². The summed E-state index contributed by atoms with van der Waals surface area (Å²) >= 11 is 1.87. The first-order valence-electron chi connectivity index (χ1n) is 10.2. The third-order valence-corrected chi connectivity index (χ3v) is 5.63. The molecule has 2 rings (SSSR count). The number of halogens is 1. The van der Waals surface area contributed by atoms with Crippen LogP contribution in [0.15, 0.2) is 17.1 Å². The Balaban J connectivity index is 0.00000420. The van der Waals surface area contributed by atoms with E-state index in [2.05, 4.69) is 41.5 Å². The molecule has 0 amide bonds. The first-order valence-corrected chi connectivity index (χ1v) is 11.0. The van der Waals surface area contributed by atoms with E-state index in [4.69, 9.17) is 19.2 Å². The number of nitrogens with zero attached hydrogens (tertiary/aromatic N) is 2. The standard InChI is InChI=1S/C20H36N4O3S.HI/c1-4-21-20(22-8-5-11-26-15-14-25-3)23-16-18(19-7-6-17(2)28-19)24-9-12-27-13-10-24;/h6-7,18H,4-5,8-16H2,1-3H3,(H2,21,22,23);1H. The molecule has 1 aliphatic heterocycles. The van der Waals surface area contributed by atoms with Gasteiger partial charge >= 0.3 is 0 Å². The van der Waals surface area contributed by atoms with Gasteiger partial charge in [-0.3, -0.25) is 9.89 Å². The van der Waals surface area contributed by atoms with Crippen LogP contribution in [0.25, 0.3) is 0 Å². The number of rotatable bonds is 12. The van der Waals surface area contributed by atoms with Gasteiger partial charge in [-0.05, 0) is 32.4 Å². The van der Waals surface area contributed by atoms with Crippen LogP contribution in [0.2, 0.25) is 0 Å². The number of morpholine rings is 1. The Hall–Kier alpha value is -0.460. The highest BCUT2D eigenvalue weighted by Gasteiger charge is 2.23. The van der Waals surface area contributed by atoms with Crippen LogP contribution in [0.3, 0.4) is 0 Å². The monoisotopic (exact) mass is 540 g/mol. The molecule has 0 aliphatic carbocycles. The van der Waals surface area contributed by atoms with Crippen molar-refractivity contribution in [2.75, 3.05) is 72.9 Å². The molecule has 0 aromatic carbocycles. The molecule has 7 nitrogen and oxygen atoms in total. The third kappa shape index (κ3) is 10.4. The van der Waals surface area contributed by atoms with Crippen LogP contribution in [0.1, 0.15) is 29.1 Å². The van der Waals surface area contributed by atoms with Gasteiger partial charge in [-0.2, -0.15) is 0 Å². The molecule has 168 valence electrons. The van der Waals surface area contributed by atoms with Gasteiger partial charge in [-0.15, -0.1) is 35.3 Å². The zero-order valence-electron chi connectivity index (χ0n) is 17.9. The number of thiophene rings is 1. The molecule has 1 unspecified atom stereocenters. The number of nitrogens with one attached hydrogen (secondary N) is 2. The molecule has 1 saturated heterocycles. The Kier molecular flexibility index (Phi) is 14.9. The third-order valence-electron chi connectivity index (χ3n) is 4.53. The molecule has 0 spiro atoms. The van der Waals surface area contributed by atoms with Crippen molar-refractivity contribution in [1.29, 1.82) is 0 Å². The molecule has 1 atom stereocenters. The first-order chi connectivity index (χ1) is 13.7. The summed E-state index contributed by atoms with van der Waals surface area (Å²) in [6.45, 7) is 12.2. The minimum absolute atomic E-state index is 0. The van der Waals surface area contributed by atoms with Crippen LogP contribution in [0.5, 0.6) is 0 Å². The Bertz CT molecular complexity index is 568. The highest BCUT2D eigenvalue weighted by molar-refractivity contribution is 14.0. The van der Waals surface area contributed by atoms with Crippen LogP contribution in [-0.2, 0) is 14.2 Å². The summed E-state index contributed by atoms with van der Waals surface area (Å²) in [5.74, 6) is 0.867. The van der Waals surface area contributed by atoms with Crippen LogP contribution in [0, 0.1) is 6.92 Å². The first kappa shape index (κ1) is 26.6. The van der Waals surface area contributed by atoms with Crippen molar-refractivity contribution in [1.82, 2.24) is 15.5 Å². The fraction of sp³-hybridized carbons (Fsp3) is 0.750.